The first kappa shape index (κ1) is 11.9. The Kier molecular flexibility index (Phi) is 7.51. The summed E-state index contributed by atoms with van der Waals surface area (Å²) >= 11 is 0. The lowest BCUT2D eigenvalue weighted by Gasteiger charge is -2.05. The second kappa shape index (κ2) is 7.56. The summed E-state index contributed by atoms with van der Waals surface area (Å²) in [4.78, 5) is 0. The second-order valence-corrected chi connectivity index (χ2v) is 3.95. The molecule has 0 amide bonds. The smallest absolute Gasteiger partial charge is 0.102 e. The van der Waals surface area contributed by atoms with Crippen LogP contribution in [0.15, 0.2) is 0 Å². The second-order valence-electron chi connectivity index (χ2n) is 3.95. The molecule has 0 aromatic rings. The van der Waals surface area contributed by atoms with E-state index >= 15 is 0 Å². The number of hydrogen-bond donors (Lipinski definition) is 2. The van der Waals surface area contributed by atoms with Crippen LogP contribution in [0.25, 0.3) is 0 Å². The molecule has 0 radical (unpaired) electrons. The molecule has 2 nitrogen and oxygen atoms in total. The highest BCUT2D eigenvalue weighted by Crippen LogP contribution is 2.10. The molecule has 74 valence electrons. The van der Waals surface area contributed by atoms with Gasteiger partial charge < -0.3 is 10.8 Å². The summed E-state index contributed by atoms with van der Waals surface area (Å²) in [6, 6.07) is 0. The third-order valence-electron chi connectivity index (χ3n) is 2.03. The highest BCUT2D eigenvalue weighted by Gasteiger charge is 1.96. The fourth-order valence-electron chi connectivity index (χ4n) is 1.26. The molecule has 1 unspecified atom stereocenters. The lowest BCUT2D eigenvalue weighted by molar-refractivity contribution is 0.168. The van der Waals surface area contributed by atoms with Crippen molar-refractivity contribution in [2.45, 2.75) is 58.6 Å². The Hall–Kier alpha value is -0.0800. The topological polar surface area (TPSA) is 46.2 Å². The van der Waals surface area contributed by atoms with Crippen LogP contribution in [0.5, 0.6) is 0 Å². The van der Waals surface area contributed by atoms with E-state index in [1.807, 2.05) is 0 Å². The van der Waals surface area contributed by atoms with Crippen LogP contribution in [-0.4, -0.2) is 11.3 Å². The summed E-state index contributed by atoms with van der Waals surface area (Å²) in [5.74, 6) is 0.824. The van der Waals surface area contributed by atoms with Crippen molar-refractivity contribution >= 4 is 0 Å². The molecule has 0 aliphatic heterocycles. The molecular formula is C10H23NO. The molecule has 0 bridgehead atoms. The Bertz CT molecular complexity index is 79.8. The van der Waals surface area contributed by atoms with Crippen LogP contribution < -0.4 is 5.73 Å². The van der Waals surface area contributed by atoms with Crippen molar-refractivity contribution in [1.82, 2.24) is 0 Å². The van der Waals surface area contributed by atoms with Crippen LogP contribution >= 0.6 is 0 Å². The summed E-state index contributed by atoms with van der Waals surface area (Å²) in [5.41, 5.74) is 5.21. The first-order chi connectivity index (χ1) is 5.63. The van der Waals surface area contributed by atoms with E-state index in [4.69, 9.17) is 10.8 Å². The Morgan fingerprint density at radius 2 is 1.50 bits per heavy atom. The maximum atomic E-state index is 8.77. The van der Waals surface area contributed by atoms with Gasteiger partial charge in [-0.15, -0.1) is 0 Å². The third kappa shape index (κ3) is 9.92. The Labute approximate surface area is 76.2 Å². The summed E-state index contributed by atoms with van der Waals surface area (Å²) in [6.45, 7) is 4.51. The predicted molar refractivity (Wildman–Crippen MR) is 52.7 cm³/mol. The van der Waals surface area contributed by atoms with Crippen molar-refractivity contribution in [3.8, 4) is 0 Å². The molecule has 0 saturated heterocycles. The summed E-state index contributed by atoms with van der Waals surface area (Å²) in [7, 11) is 0. The van der Waals surface area contributed by atoms with Gasteiger partial charge in [0.1, 0.15) is 6.23 Å². The van der Waals surface area contributed by atoms with Gasteiger partial charge in [0.25, 0.3) is 0 Å². The van der Waals surface area contributed by atoms with Gasteiger partial charge in [-0.3, -0.25) is 0 Å². The van der Waals surface area contributed by atoms with Gasteiger partial charge >= 0.3 is 0 Å². The average Bonchev–Trinajstić information content (AvgIpc) is 1.95. The van der Waals surface area contributed by atoms with Gasteiger partial charge in [0.05, 0.1) is 0 Å². The minimum Gasteiger partial charge on any atom is -0.379 e. The van der Waals surface area contributed by atoms with E-state index in [9.17, 15) is 0 Å². The average molecular weight is 173 g/mol. The van der Waals surface area contributed by atoms with E-state index in [2.05, 4.69) is 13.8 Å². The summed E-state index contributed by atoms with van der Waals surface area (Å²) < 4.78 is 0. The SMILES string of the molecule is CC(C)CCCCCCC(N)O. The largest absolute Gasteiger partial charge is 0.379 e. The number of aliphatic hydroxyl groups excluding tert-OH is 1. The molecule has 3 N–H and O–H groups in total. The quantitative estimate of drug-likeness (QED) is 0.458. The van der Waals surface area contributed by atoms with Crippen molar-refractivity contribution in [1.29, 1.82) is 0 Å². The van der Waals surface area contributed by atoms with Gasteiger partial charge in [-0.25, -0.2) is 0 Å². The standard InChI is InChI=1S/C10H23NO/c1-9(2)7-5-3-4-6-8-10(11)12/h9-10,12H,3-8,11H2,1-2H3. The van der Waals surface area contributed by atoms with Crippen LogP contribution in [0.4, 0.5) is 0 Å². The lowest BCUT2D eigenvalue weighted by Crippen LogP contribution is -2.17. The summed E-state index contributed by atoms with van der Waals surface area (Å²) in [6.07, 6.45) is 6.35. The van der Waals surface area contributed by atoms with E-state index < -0.39 is 6.23 Å². The molecule has 0 heterocycles. The molecule has 0 aliphatic carbocycles. The molecule has 0 fully saturated rings. The molecule has 0 aromatic carbocycles. The number of nitrogens with two attached hydrogens (primary N) is 1. The zero-order chi connectivity index (χ0) is 9.40. The van der Waals surface area contributed by atoms with Crippen molar-refractivity contribution in [2.24, 2.45) is 11.7 Å². The number of hydrogen-bond acceptors (Lipinski definition) is 2. The maximum Gasteiger partial charge on any atom is 0.102 e. The van der Waals surface area contributed by atoms with E-state index in [0.29, 0.717) is 0 Å². The third-order valence-corrected chi connectivity index (χ3v) is 2.03. The minimum atomic E-state index is -0.602. The molecule has 0 saturated carbocycles. The first-order valence-electron chi connectivity index (χ1n) is 5.06. The van der Waals surface area contributed by atoms with E-state index in [0.717, 1.165) is 18.8 Å². The van der Waals surface area contributed by atoms with E-state index in [1.165, 1.54) is 25.7 Å². The maximum absolute atomic E-state index is 8.77. The van der Waals surface area contributed by atoms with Gasteiger partial charge in [-0.05, 0) is 18.8 Å². The Balaban J connectivity index is 2.91. The highest BCUT2D eigenvalue weighted by atomic mass is 16.3. The fraction of sp³-hybridized carbons (Fsp3) is 1.00. The van der Waals surface area contributed by atoms with Gasteiger partial charge in [0.2, 0.25) is 0 Å². The number of rotatable bonds is 7. The monoisotopic (exact) mass is 173 g/mol. The molecule has 0 aliphatic rings. The van der Waals surface area contributed by atoms with Crippen LogP contribution in [0.1, 0.15) is 52.4 Å². The Morgan fingerprint density at radius 1 is 1.00 bits per heavy atom. The highest BCUT2D eigenvalue weighted by molar-refractivity contribution is 4.50. The van der Waals surface area contributed by atoms with Crippen molar-refractivity contribution < 1.29 is 5.11 Å². The fourth-order valence-corrected chi connectivity index (χ4v) is 1.26. The van der Waals surface area contributed by atoms with Crippen LogP contribution in [-0.2, 0) is 0 Å². The van der Waals surface area contributed by atoms with Gasteiger partial charge in [0, 0.05) is 0 Å². The van der Waals surface area contributed by atoms with E-state index in [-0.39, 0.29) is 0 Å². The number of aliphatic hydroxyl groups is 1. The predicted octanol–water partition coefficient (Wildman–Crippen LogP) is 2.26. The molecule has 1 atom stereocenters. The van der Waals surface area contributed by atoms with Crippen LogP contribution in [0.2, 0.25) is 0 Å². The number of unbranched alkanes of at least 4 members (excludes halogenated alkanes) is 3. The Morgan fingerprint density at radius 3 is 1.92 bits per heavy atom. The molecule has 0 spiro atoms. The zero-order valence-electron chi connectivity index (χ0n) is 8.42. The van der Waals surface area contributed by atoms with Gasteiger partial charge in [-0.1, -0.05) is 39.5 Å². The molecule has 0 aromatic heterocycles. The van der Waals surface area contributed by atoms with Crippen molar-refractivity contribution in [3.63, 3.8) is 0 Å². The molecule has 12 heavy (non-hydrogen) atoms. The van der Waals surface area contributed by atoms with Gasteiger partial charge in [0.15, 0.2) is 0 Å². The van der Waals surface area contributed by atoms with Crippen LogP contribution in [0.3, 0.4) is 0 Å². The first-order valence-corrected chi connectivity index (χ1v) is 5.06. The normalized spacial score (nSPS) is 13.8. The summed E-state index contributed by atoms with van der Waals surface area (Å²) in [5, 5.41) is 8.77. The zero-order valence-corrected chi connectivity index (χ0v) is 8.42. The molecule has 2 heteroatoms. The molecule has 0 rings (SSSR count). The molecular weight excluding hydrogens is 150 g/mol. The van der Waals surface area contributed by atoms with E-state index in [1.54, 1.807) is 0 Å². The minimum absolute atomic E-state index is 0.602. The van der Waals surface area contributed by atoms with Gasteiger partial charge in [-0.2, -0.15) is 0 Å². The van der Waals surface area contributed by atoms with Crippen molar-refractivity contribution in [2.75, 3.05) is 0 Å². The van der Waals surface area contributed by atoms with Crippen LogP contribution in [0, 0.1) is 5.92 Å². The van der Waals surface area contributed by atoms with Crippen molar-refractivity contribution in [3.05, 3.63) is 0 Å². The lowest BCUT2D eigenvalue weighted by atomic mass is 10.0.